The molecule has 1 N–H and O–H groups in total. The van der Waals surface area contributed by atoms with E-state index in [-0.39, 0.29) is 17.7 Å². The van der Waals surface area contributed by atoms with Gasteiger partial charge in [0.15, 0.2) is 6.61 Å². The predicted molar refractivity (Wildman–Crippen MR) is 74.6 cm³/mol. The summed E-state index contributed by atoms with van der Waals surface area (Å²) in [5, 5.41) is 15.9. The number of carboxylic acids is 1. The summed E-state index contributed by atoms with van der Waals surface area (Å²) in [5.74, 6) is 0.635. The average molecular weight is 310 g/mol. The van der Waals surface area contributed by atoms with Gasteiger partial charge in [0.1, 0.15) is 16.7 Å². The first-order valence-corrected chi connectivity index (χ1v) is 6.95. The van der Waals surface area contributed by atoms with Crippen LogP contribution in [-0.2, 0) is 11.4 Å². The third-order valence-corrected chi connectivity index (χ3v) is 3.40. The summed E-state index contributed by atoms with van der Waals surface area (Å²) in [6, 6.07) is 7.12. The minimum absolute atomic E-state index is 0.0994. The van der Waals surface area contributed by atoms with Crippen molar-refractivity contribution in [2.24, 2.45) is 0 Å². The first-order chi connectivity index (χ1) is 10.1. The molecule has 2 rings (SSSR count). The Morgan fingerprint density at radius 1 is 1.43 bits per heavy atom. The fourth-order valence-corrected chi connectivity index (χ4v) is 2.02. The second-order valence-corrected chi connectivity index (χ2v) is 5.32. The summed E-state index contributed by atoms with van der Waals surface area (Å²) < 4.78 is 15.9. The molecule has 0 unspecified atom stereocenters. The van der Waals surface area contributed by atoms with Gasteiger partial charge in [-0.1, -0.05) is 17.8 Å². The maximum atomic E-state index is 10.7. The van der Waals surface area contributed by atoms with Crippen LogP contribution in [0.2, 0.25) is 0 Å². The molecule has 21 heavy (non-hydrogen) atoms. The number of methoxy groups -OCH3 is 1. The van der Waals surface area contributed by atoms with Gasteiger partial charge in [-0.05, 0) is 19.1 Å². The van der Waals surface area contributed by atoms with Crippen molar-refractivity contribution in [2.75, 3.05) is 7.11 Å². The number of hydrogen-bond acceptors (Lipinski definition) is 7. The van der Waals surface area contributed by atoms with Crippen LogP contribution in [0.25, 0.3) is 0 Å². The summed E-state index contributed by atoms with van der Waals surface area (Å²) in [4.78, 5) is 10.7. The van der Waals surface area contributed by atoms with E-state index in [0.717, 1.165) is 11.8 Å². The van der Waals surface area contributed by atoms with Crippen LogP contribution in [0.5, 0.6) is 11.5 Å². The second-order valence-electron chi connectivity index (χ2n) is 4.03. The maximum Gasteiger partial charge on any atom is 0.316 e. The lowest BCUT2D eigenvalue weighted by Gasteiger charge is -2.05. The van der Waals surface area contributed by atoms with Gasteiger partial charge in [0.2, 0.25) is 0 Å². The van der Waals surface area contributed by atoms with E-state index in [1.54, 1.807) is 32.2 Å². The van der Waals surface area contributed by atoms with Gasteiger partial charge in [-0.15, -0.1) is 10.2 Å². The van der Waals surface area contributed by atoms with Crippen molar-refractivity contribution in [2.45, 2.75) is 24.0 Å². The maximum absolute atomic E-state index is 10.7. The van der Waals surface area contributed by atoms with Gasteiger partial charge in [0, 0.05) is 6.07 Å². The molecule has 0 spiro atoms. The van der Waals surface area contributed by atoms with Crippen LogP contribution in [0, 0.1) is 0 Å². The highest BCUT2D eigenvalue weighted by molar-refractivity contribution is 8.00. The van der Waals surface area contributed by atoms with E-state index in [1.807, 2.05) is 6.07 Å². The molecule has 0 saturated carbocycles. The molecule has 1 heterocycles. The molecule has 0 bridgehead atoms. The predicted octanol–water partition coefficient (Wildman–Crippen LogP) is 2.22. The molecule has 0 aliphatic rings. The zero-order valence-corrected chi connectivity index (χ0v) is 12.3. The van der Waals surface area contributed by atoms with Crippen LogP contribution in [0.15, 0.2) is 33.9 Å². The van der Waals surface area contributed by atoms with Crippen molar-refractivity contribution in [3.8, 4) is 11.5 Å². The van der Waals surface area contributed by atoms with Crippen molar-refractivity contribution >= 4 is 17.7 Å². The number of nitrogens with zero attached hydrogens (tertiary/aromatic N) is 2. The Morgan fingerprint density at radius 3 is 2.90 bits per heavy atom. The fourth-order valence-electron chi connectivity index (χ4n) is 1.38. The van der Waals surface area contributed by atoms with Gasteiger partial charge in [0.05, 0.1) is 7.11 Å². The van der Waals surface area contributed by atoms with E-state index in [2.05, 4.69) is 10.2 Å². The van der Waals surface area contributed by atoms with Crippen LogP contribution in [0.3, 0.4) is 0 Å². The van der Waals surface area contributed by atoms with Gasteiger partial charge in [-0.25, -0.2) is 0 Å². The molecule has 0 aliphatic heterocycles. The van der Waals surface area contributed by atoms with Crippen LogP contribution >= 0.6 is 11.8 Å². The van der Waals surface area contributed by atoms with Gasteiger partial charge < -0.3 is 19.0 Å². The van der Waals surface area contributed by atoms with Crippen molar-refractivity contribution in [3.05, 3.63) is 30.2 Å². The molecule has 8 heteroatoms. The number of benzene rings is 1. The first-order valence-electron chi connectivity index (χ1n) is 6.07. The Bertz CT molecular complexity index is 616. The zero-order valence-electron chi connectivity index (χ0n) is 11.5. The molecular formula is C13H14N2O5S. The number of carbonyl (C=O) groups is 1. The van der Waals surface area contributed by atoms with E-state index < -0.39 is 11.2 Å². The number of hydrogen-bond donors (Lipinski definition) is 1. The smallest absolute Gasteiger partial charge is 0.316 e. The van der Waals surface area contributed by atoms with Crippen molar-refractivity contribution in [3.63, 3.8) is 0 Å². The topological polar surface area (TPSA) is 94.7 Å². The monoisotopic (exact) mass is 310 g/mol. The molecule has 1 aromatic heterocycles. The molecule has 0 radical (unpaired) electrons. The van der Waals surface area contributed by atoms with E-state index >= 15 is 0 Å². The highest BCUT2D eigenvalue weighted by Gasteiger charge is 2.17. The zero-order chi connectivity index (χ0) is 15.2. The minimum atomic E-state index is -0.938. The summed E-state index contributed by atoms with van der Waals surface area (Å²) in [6.07, 6.45) is 0. The Balaban J connectivity index is 1.91. The fraction of sp³-hybridized carbons (Fsp3) is 0.308. The molecule has 0 saturated heterocycles. The molecule has 0 amide bonds. The van der Waals surface area contributed by atoms with E-state index in [0.29, 0.717) is 11.5 Å². The third kappa shape index (κ3) is 4.38. The number of carboxylic acid groups (broad SMARTS) is 1. The lowest BCUT2D eigenvalue weighted by molar-refractivity contribution is -0.136. The molecule has 1 atom stereocenters. The van der Waals surface area contributed by atoms with Crippen LogP contribution in [-0.4, -0.2) is 33.6 Å². The quantitative estimate of drug-likeness (QED) is 0.778. The Hall–Kier alpha value is -2.22. The van der Waals surface area contributed by atoms with Crippen LogP contribution in [0.4, 0.5) is 0 Å². The number of rotatable bonds is 7. The lowest BCUT2D eigenvalue weighted by Crippen LogP contribution is -2.10. The molecule has 0 aliphatic carbocycles. The summed E-state index contributed by atoms with van der Waals surface area (Å²) >= 11 is 0.985. The second kappa shape index (κ2) is 6.98. The van der Waals surface area contributed by atoms with Crippen LogP contribution < -0.4 is 9.47 Å². The van der Waals surface area contributed by atoms with Gasteiger partial charge in [-0.2, -0.15) is 0 Å². The van der Waals surface area contributed by atoms with Crippen molar-refractivity contribution in [1.29, 1.82) is 0 Å². The molecule has 112 valence electrons. The number of ether oxygens (including phenoxy) is 2. The highest BCUT2D eigenvalue weighted by Crippen LogP contribution is 2.23. The van der Waals surface area contributed by atoms with Gasteiger partial charge >= 0.3 is 5.97 Å². The average Bonchev–Trinajstić information content (AvgIpc) is 2.92. The summed E-state index contributed by atoms with van der Waals surface area (Å²) in [5.41, 5.74) is 0. The SMILES string of the molecule is COc1cccc(OCc2nnc(S[C@H](C)C(=O)O)o2)c1. The third-order valence-electron chi connectivity index (χ3n) is 2.48. The minimum Gasteiger partial charge on any atom is -0.497 e. The molecule has 7 nitrogen and oxygen atoms in total. The highest BCUT2D eigenvalue weighted by atomic mass is 32.2. The Morgan fingerprint density at radius 2 is 2.19 bits per heavy atom. The number of thioether (sulfide) groups is 1. The number of aromatic nitrogens is 2. The molecule has 1 aromatic carbocycles. The Labute approximate surface area is 125 Å². The number of aliphatic carboxylic acids is 1. The standard InChI is InChI=1S/C13H14N2O5S/c1-8(12(16)17)21-13-15-14-11(20-13)7-19-10-5-3-4-9(6-10)18-2/h3-6,8H,7H2,1-2H3,(H,16,17)/t8-/m1/s1. The van der Waals surface area contributed by atoms with E-state index in [1.165, 1.54) is 0 Å². The van der Waals surface area contributed by atoms with Crippen molar-refractivity contribution in [1.82, 2.24) is 10.2 Å². The van der Waals surface area contributed by atoms with E-state index in [4.69, 9.17) is 19.0 Å². The molecule has 0 fully saturated rings. The largest absolute Gasteiger partial charge is 0.497 e. The van der Waals surface area contributed by atoms with E-state index in [9.17, 15) is 4.79 Å². The first kappa shape index (κ1) is 15.2. The van der Waals surface area contributed by atoms with Crippen molar-refractivity contribution < 1.29 is 23.8 Å². The summed E-state index contributed by atoms with van der Waals surface area (Å²) in [7, 11) is 1.57. The molecule has 2 aromatic rings. The normalized spacial score (nSPS) is 11.9. The Kier molecular flexibility index (Phi) is 5.04. The molecular weight excluding hydrogens is 296 g/mol. The van der Waals surface area contributed by atoms with Gasteiger partial charge in [-0.3, -0.25) is 4.79 Å². The van der Waals surface area contributed by atoms with Gasteiger partial charge in [0.25, 0.3) is 11.1 Å². The summed E-state index contributed by atoms with van der Waals surface area (Å²) in [6.45, 7) is 1.64. The van der Waals surface area contributed by atoms with Crippen LogP contribution in [0.1, 0.15) is 12.8 Å². The lowest BCUT2D eigenvalue weighted by atomic mass is 10.3.